The Morgan fingerprint density at radius 2 is 2.05 bits per heavy atom. The highest BCUT2D eigenvalue weighted by Gasteiger charge is 2.48. The minimum Gasteiger partial charge on any atom is -0.384 e. The second-order valence-corrected chi connectivity index (χ2v) is 12.1. The van der Waals surface area contributed by atoms with Crippen molar-refractivity contribution >= 4 is 11.7 Å². The maximum atomic E-state index is 13.5. The molecule has 1 amide bonds. The highest BCUT2D eigenvalue weighted by molar-refractivity contribution is 5.80. The molecule has 1 aliphatic heterocycles. The van der Waals surface area contributed by atoms with Crippen LogP contribution in [0.1, 0.15) is 76.2 Å². The highest BCUT2D eigenvalue weighted by atomic mass is 19.1. The number of aryl methyl sites for hydroxylation is 1. The molecule has 214 valence electrons. The maximum absolute atomic E-state index is 13.5. The smallest absolute Gasteiger partial charge is 0.224 e. The van der Waals surface area contributed by atoms with Gasteiger partial charge in [0.25, 0.3) is 0 Å². The molecular weight excluding hydrogens is 511 g/mol. The first kappa shape index (κ1) is 28.1. The molecule has 3 aromatic rings. The zero-order chi connectivity index (χ0) is 28.7. The lowest BCUT2D eigenvalue weighted by atomic mass is 9.62. The predicted octanol–water partition coefficient (Wildman–Crippen LogP) is 3.63. The SMILES string of the molecule is Cc1cc(NC2CC(C)NN2)nc([C@]2(O)CC[C@@H](C(=O)N[C@@H](C)c3ccc(-n4cc(F)cn4)nc3)C(C)(C)C2)c1. The molecule has 40 heavy (non-hydrogen) atoms. The van der Waals surface area contributed by atoms with Gasteiger partial charge in [-0.25, -0.2) is 24.5 Å². The van der Waals surface area contributed by atoms with Crippen molar-refractivity contribution in [3.8, 4) is 5.82 Å². The standard InChI is InChI=1S/C29H39FN8O2/c1-17-10-23(34-24(11-17)35-25-12-18(2)36-37-25)29(40)9-8-22(28(4,5)16-29)27(39)33-19(3)20-6-7-26(31-13-20)38-15-21(30)14-32-38/h6-7,10-11,13-15,18-19,22,25,36-37,40H,8-9,12,16H2,1-5H3,(H,33,39)(H,34,35)/t18?,19-,22-,25?,29-/m0/s1. The van der Waals surface area contributed by atoms with Crippen LogP contribution in [0.4, 0.5) is 10.2 Å². The molecule has 10 nitrogen and oxygen atoms in total. The number of hydrogen-bond donors (Lipinski definition) is 5. The number of amides is 1. The minimum absolute atomic E-state index is 0.0498. The van der Waals surface area contributed by atoms with Crippen LogP contribution in [-0.2, 0) is 10.4 Å². The Balaban J connectivity index is 1.24. The molecule has 2 fully saturated rings. The number of aliphatic hydroxyl groups is 1. The summed E-state index contributed by atoms with van der Waals surface area (Å²) in [7, 11) is 0. The number of rotatable bonds is 7. The van der Waals surface area contributed by atoms with E-state index in [1.165, 1.54) is 10.9 Å². The lowest BCUT2D eigenvalue weighted by Gasteiger charge is -2.46. The van der Waals surface area contributed by atoms with Crippen molar-refractivity contribution in [2.45, 2.75) is 84.2 Å². The zero-order valence-corrected chi connectivity index (χ0v) is 23.7. The van der Waals surface area contributed by atoms with Crippen molar-refractivity contribution in [2.75, 3.05) is 5.32 Å². The first-order valence-electron chi connectivity index (χ1n) is 13.9. The van der Waals surface area contributed by atoms with Gasteiger partial charge in [0, 0.05) is 18.2 Å². The number of hydrogen-bond acceptors (Lipinski definition) is 8. The summed E-state index contributed by atoms with van der Waals surface area (Å²) in [4.78, 5) is 22.6. The van der Waals surface area contributed by atoms with E-state index >= 15 is 0 Å². The van der Waals surface area contributed by atoms with Gasteiger partial charge in [-0.2, -0.15) is 5.10 Å². The summed E-state index contributed by atoms with van der Waals surface area (Å²) < 4.78 is 14.6. The van der Waals surface area contributed by atoms with Gasteiger partial charge in [0.2, 0.25) is 5.91 Å². The summed E-state index contributed by atoms with van der Waals surface area (Å²) in [5.41, 5.74) is 7.32. The maximum Gasteiger partial charge on any atom is 0.224 e. The van der Waals surface area contributed by atoms with Crippen molar-refractivity contribution in [2.24, 2.45) is 11.3 Å². The molecular formula is C29H39FN8O2. The normalized spacial score (nSPS) is 26.8. The Bertz CT molecular complexity index is 1360. The third-order valence-corrected chi connectivity index (χ3v) is 8.13. The largest absolute Gasteiger partial charge is 0.384 e. The minimum atomic E-state index is -1.13. The van der Waals surface area contributed by atoms with Crippen molar-refractivity contribution in [3.05, 3.63) is 65.5 Å². The van der Waals surface area contributed by atoms with Crippen molar-refractivity contribution in [1.29, 1.82) is 0 Å². The molecule has 2 unspecified atom stereocenters. The Morgan fingerprint density at radius 1 is 1.25 bits per heavy atom. The van der Waals surface area contributed by atoms with Gasteiger partial charge in [-0.05, 0) is 81.2 Å². The number of aromatic nitrogens is 4. The second-order valence-electron chi connectivity index (χ2n) is 12.1. The summed E-state index contributed by atoms with van der Waals surface area (Å²) in [5, 5.41) is 22.3. The van der Waals surface area contributed by atoms with Gasteiger partial charge in [-0.15, -0.1) is 0 Å². The number of nitrogens with one attached hydrogen (secondary N) is 4. The molecule has 0 spiro atoms. The Kier molecular flexibility index (Phi) is 7.64. The highest BCUT2D eigenvalue weighted by Crippen LogP contribution is 2.49. The van der Waals surface area contributed by atoms with Crippen LogP contribution in [0.25, 0.3) is 5.82 Å². The molecule has 1 saturated carbocycles. The molecule has 5 atom stereocenters. The summed E-state index contributed by atoms with van der Waals surface area (Å²) in [6.45, 7) is 10.1. The Labute approximate surface area is 234 Å². The van der Waals surface area contributed by atoms with Crippen LogP contribution in [0.3, 0.4) is 0 Å². The Morgan fingerprint density at radius 3 is 2.67 bits per heavy atom. The average Bonchev–Trinajstić information content (AvgIpc) is 3.50. The summed E-state index contributed by atoms with van der Waals surface area (Å²) in [6, 6.07) is 7.61. The van der Waals surface area contributed by atoms with E-state index in [2.05, 4.69) is 38.5 Å². The summed E-state index contributed by atoms with van der Waals surface area (Å²) >= 11 is 0. The molecule has 0 bridgehead atoms. The third-order valence-electron chi connectivity index (χ3n) is 8.13. The number of halogens is 1. The average molecular weight is 551 g/mol. The van der Waals surface area contributed by atoms with Crippen LogP contribution in [0, 0.1) is 24.1 Å². The van der Waals surface area contributed by atoms with E-state index in [0.717, 1.165) is 29.6 Å². The first-order valence-corrected chi connectivity index (χ1v) is 13.9. The summed E-state index contributed by atoms with van der Waals surface area (Å²) in [5.74, 6) is 0.462. The number of anilines is 1. The molecule has 1 saturated heterocycles. The Hall–Kier alpha value is -3.41. The predicted molar refractivity (Wildman–Crippen MR) is 150 cm³/mol. The monoisotopic (exact) mass is 550 g/mol. The van der Waals surface area contributed by atoms with Crippen LogP contribution < -0.4 is 21.5 Å². The van der Waals surface area contributed by atoms with Crippen LogP contribution in [0.2, 0.25) is 0 Å². The van der Waals surface area contributed by atoms with Crippen LogP contribution in [0.5, 0.6) is 0 Å². The van der Waals surface area contributed by atoms with E-state index in [0.29, 0.717) is 36.8 Å². The number of nitrogens with zero attached hydrogens (tertiary/aromatic N) is 4. The van der Waals surface area contributed by atoms with Gasteiger partial charge in [-0.3, -0.25) is 10.2 Å². The van der Waals surface area contributed by atoms with Gasteiger partial charge in [0.15, 0.2) is 11.6 Å². The molecule has 5 rings (SSSR count). The number of pyridine rings is 2. The second kappa shape index (κ2) is 10.9. The topological polar surface area (TPSA) is 129 Å². The van der Waals surface area contributed by atoms with Crippen LogP contribution in [0.15, 0.2) is 42.9 Å². The molecule has 2 aliphatic rings. The lowest BCUT2D eigenvalue weighted by molar-refractivity contribution is -0.138. The molecule has 1 aliphatic carbocycles. The van der Waals surface area contributed by atoms with Gasteiger partial charge < -0.3 is 15.7 Å². The van der Waals surface area contributed by atoms with E-state index in [1.54, 1.807) is 12.3 Å². The number of carbonyl (C=O) groups is 1. The molecule has 0 aromatic carbocycles. The number of hydrazine groups is 1. The summed E-state index contributed by atoms with van der Waals surface area (Å²) in [6.07, 6.45) is 6.42. The molecule has 0 radical (unpaired) electrons. The third kappa shape index (κ3) is 6.01. The fourth-order valence-electron chi connectivity index (χ4n) is 6.02. The quantitative estimate of drug-likeness (QED) is 0.302. The first-order chi connectivity index (χ1) is 18.9. The van der Waals surface area contributed by atoms with Crippen LogP contribution >= 0.6 is 0 Å². The van der Waals surface area contributed by atoms with E-state index in [4.69, 9.17) is 4.98 Å². The van der Waals surface area contributed by atoms with Crippen molar-refractivity contribution in [1.82, 2.24) is 35.9 Å². The van der Waals surface area contributed by atoms with Gasteiger partial charge in [0.05, 0.1) is 30.3 Å². The molecule has 11 heteroatoms. The van der Waals surface area contributed by atoms with Gasteiger partial charge in [0.1, 0.15) is 11.4 Å². The molecule has 3 aromatic heterocycles. The lowest BCUT2D eigenvalue weighted by Crippen LogP contribution is -2.48. The van der Waals surface area contributed by atoms with Gasteiger partial charge in [-0.1, -0.05) is 19.9 Å². The molecule has 4 heterocycles. The van der Waals surface area contributed by atoms with Crippen molar-refractivity contribution < 1.29 is 14.3 Å². The van der Waals surface area contributed by atoms with Crippen molar-refractivity contribution in [3.63, 3.8) is 0 Å². The van der Waals surface area contributed by atoms with E-state index < -0.39 is 16.8 Å². The fourth-order valence-corrected chi connectivity index (χ4v) is 6.02. The van der Waals surface area contributed by atoms with Gasteiger partial charge >= 0.3 is 0 Å². The van der Waals surface area contributed by atoms with E-state index in [1.807, 2.05) is 45.9 Å². The van der Waals surface area contributed by atoms with E-state index in [9.17, 15) is 14.3 Å². The van der Waals surface area contributed by atoms with Crippen LogP contribution in [-0.4, -0.2) is 43.0 Å². The number of carbonyl (C=O) groups excluding carboxylic acids is 1. The zero-order valence-electron chi connectivity index (χ0n) is 23.7. The van der Waals surface area contributed by atoms with E-state index in [-0.39, 0.29) is 24.0 Å². The molecule has 5 N–H and O–H groups in total. The fraction of sp³-hybridized carbons (Fsp3) is 0.517.